The Hall–Kier alpha value is -2.38. The van der Waals surface area contributed by atoms with Gasteiger partial charge in [0.2, 0.25) is 0 Å². The Morgan fingerprint density at radius 2 is 1.94 bits per heavy atom. The van der Waals surface area contributed by atoms with Crippen LogP contribution in [0.2, 0.25) is 0 Å². The van der Waals surface area contributed by atoms with Crippen LogP contribution in [0.15, 0.2) is 43.5 Å². The molecule has 7 nitrogen and oxygen atoms in total. The van der Waals surface area contributed by atoms with Gasteiger partial charge in [0.05, 0.1) is 24.0 Å². The molecule has 3 aromatic heterocycles. The van der Waals surface area contributed by atoms with Gasteiger partial charge in [-0.25, -0.2) is 19.9 Å². The molecule has 3 N–H and O–H groups in total. The lowest BCUT2D eigenvalue weighted by atomic mass is 10.0. The van der Waals surface area contributed by atoms with E-state index in [4.69, 9.17) is 5.84 Å². The van der Waals surface area contributed by atoms with Crippen LogP contribution < -0.4 is 11.3 Å². The summed E-state index contributed by atoms with van der Waals surface area (Å²) < 4.78 is 1.75. The summed E-state index contributed by atoms with van der Waals surface area (Å²) >= 11 is 0. The Balaban J connectivity index is 2.12. The summed E-state index contributed by atoms with van der Waals surface area (Å²) in [5.74, 6) is 5.62. The molecule has 0 radical (unpaired) electrons. The van der Waals surface area contributed by atoms with Crippen LogP contribution in [0.1, 0.15) is 17.2 Å². The van der Waals surface area contributed by atoms with E-state index in [-0.39, 0.29) is 6.04 Å². The van der Waals surface area contributed by atoms with Crippen LogP contribution in [0, 0.1) is 0 Å². The van der Waals surface area contributed by atoms with Gasteiger partial charge in [0, 0.05) is 35.9 Å². The minimum atomic E-state index is -0.215. The third-order valence-electron chi connectivity index (χ3n) is 2.75. The van der Waals surface area contributed by atoms with Crippen LogP contribution in [0.5, 0.6) is 0 Å². The van der Waals surface area contributed by atoms with Crippen molar-refractivity contribution in [1.29, 1.82) is 0 Å². The molecule has 1 unspecified atom stereocenters. The topological polar surface area (TPSA) is 94.0 Å². The van der Waals surface area contributed by atoms with Crippen LogP contribution in [-0.2, 0) is 0 Å². The van der Waals surface area contributed by atoms with Gasteiger partial charge < -0.3 is 0 Å². The number of aromatic nitrogens is 5. The molecule has 3 aromatic rings. The van der Waals surface area contributed by atoms with Gasteiger partial charge in [-0.1, -0.05) is 0 Å². The number of nitrogens with one attached hydrogen (secondary N) is 1. The largest absolute Gasteiger partial charge is 0.271 e. The molecule has 0 saturated carbocycles. The first-order chi connectivity index (χ1) is 8.90. The second kappa shape index (κ2) is 4.47. The summed E-state index contributed by atoms with van der Waals surface area (Å²) in [6.07, 6.45) is 11.9. The van der Waals surface area contributed by atoms with Crippen LogP contribution in [-0.4, -0.2) is 24.6 Å². The standard InChI is InChI=1S/C11H11N7/c12-17-11(8-3-14-7-15-4-8)9-5-16-18-2-1-13-6-10(9)18/h1-7,11,17H,12H2. The fraction of sp³-hybridized carbons (Fsp3) is 0.0909. The van der Waals surface area contributed by atoms with Crippen molar-refractivity contribution < 1.29 is 0 Å². The molecule has 0 spiro atoms. The van der Waals surface area contributed by atoms with Crippen LogP contribution in [0.3, 0.4) is 0 Å². The zero-order chi connectivity index (χ0) is 12.4. The Morgan fingerprint density at radius 1 is 1.11 bits per heavy atom. The number of fused-ring (bicyclic) bond motifs is 1. The molecule has 0 aromatic carbocycles. The highest BCUT2D eigenvalue weighted by molar-refractivity contribution is 5.55. The molecule has 7 heteroatoms. The minimum Gasteiger partial charge on any atom is -0.271 e. The molecular weight excluding hydrogens is 230 g/mol. The Labute approximate surface area is 103 Å². The number of nitrogens with zero attached hydrogens (tertiary/aromatic N) is 5. The highest BCUT2D eigenvalue weighted by atomic mass is 15.3. The van der Waals surface area contributed by atoms with E-state index in [0.29, 0.717) is 0 Å². The molecule has 0 aliphatic rings. The number of hydrogen-bond donors (Lipinski definition) is 2. The van der Waals surface area contributed by atoms with Crippen molar-refractivity contribution in [2.45, 2.75) is 6.04 Å². The smallest absolute Gasteiger partial charge is 0.115 e. The van der Waals surface area contributed by atoms with Gasteiger partial charge in [0.15, 0.2) is 0 Å². The average Bonchev–Trinajstić information content (AvgIpc) is 2.85. The molecule has 3 heterocycles. The second-order valence-electron chi connectivity index (χ2n) is 3.78. The first-order valence-electron chi connectivity index (χ1n) is 5.38. The van der Waals surface area contributed by atoms with E-state index in [1.165, 1.54) is 6.33 Å². The molecule has 1 atom stereocenters. The third kappa shape index (κ3) is 1.71. The van der Waals surface area contributed by atoms with Crippen molar-refractivity contribution in [3.05, 3.63) is 54.6 Å². The quantitative estimate of drug-likeness (QED) is 0.498. The van der Waals surface area contributed by atoms with Gasteiger partial charge in [-0.3, -0.25) is 10.8 Å². The molecule has 90 valence electrons. The molecule has 0 aliphatic carbocycles. The lowest BCUT2D eigenvalue weighted by Crippen LogP contribution is -2.29. The van der Waals surface area contributed by atoms with E-state index in [2.05, 4.69) is 25.5 Å². The van der Waals surface area contributed by atoms with Crippen molar-refractivity contribution >= 4 is 5.52 Å². The fourth-order valence-corrected chi connectivity index (χ4v) is 1.90. The van der Waals surface area contributed by atoms with E-state index >= 15 is 0 Å². The molecular formula is C11H11N7. The van der Waals surface area contributed by atoms with Gasteiger partial charge in [-0.05, 0) is 0 Å². The average molecular weight is 241 g/mol. The summed E-state index contributed by atoms with van der Waals surface area (Å²) in [4.78, 5) is 12.1. The Kier molecular flexibility index (Phi) is 2.67. The predicted molar refractivity (Wildman–Crippen MR) is 64.2 cm³/mol. The number of rotatable bonds is 3. The van der Waals surface area contributed by atoms with Crippen molar-refractivity contribution in [2.24, 2.45) is 5.84 Å². The maximum absolute atomic E-state index is 5.62. The number of hydrazine groups is 1. The highest BCUT2D eigenvalue weighted by Crippen LogP contribution is 2.23. The Morgan fingerprint density at radius 3 is 2.72 bits per heavy atom. The predicted octanol–water partition coefficient (Wildman–Crippen LogP) is 0.0720. The first kappa shape index (κ1) is 10.8. The molecule has 0 saturated heterocycles. The van der Waals surface area contributed by atoms with Gasteiger partial charge in [-0.2, -0.15) is 5.10 Å². The zero-order valence-corrected chi connectivity index (χ0v) is 9.43. The van der Waals surface area contributed by atoms with Crippen molar-refractivity contribution in [2.75, 3.05) is 0 Å². The summed E-state index contributed by atoms with van der Waals surface area (Å²) in [6, 6.07) is -0.215. The maximum Gasteiger partial charge on any atom is 0.115 e. The zero-order valence-electron chi connectivity index (χ0n) is 9.43. The van der Waals surface area contributed by atoms with Crippen molar-refractivity contribution in [1.82, 2.24) is 30.0 Å². The summed E-state index contributed by atoms with van der Waals surface area (Å²) in [7, 11) is 0. The van der Waals surface area contributed by atoms with E-state index in [1.807, 2.05) is 0 Å². The van der Waals surface area contributed by atoms with E-state index in [1.54, 1.807) is 41.7 Å². The maximum atomic E-state index is 5.62. The van der Waals surface area contributed by atoms with E-state index in [0.717, 1.165) is 16.6 Å². The highest BCUT2D eigenvalue weighted by Gasteiger charge is 2.17. The molecule has 18 heavy (non-hydrogen) atoms. The van der Waals surface area contributed by atoms with Gasteiger partial charge in [0.25, 0.3) is 0 Å². The third-order valence-corrected chi connectivity index (χ3v) is 2.75. The summed E-state index contributed by atoms with van der Waals surface area (Å²) in [5.41, 5.74) is 5.45. The van der Waals surface area contributed by atoms with Crippen molar-refractivity contribution in [3.8, 4) is 0 Å². The van der Waals surface area contributed by atoms with Crippen LogP contribution in [0.4, 0.5) is 0 Å². The number of hydrogen-bond acceptors (Lipinski definition) is 6. The minimum absolute atomic E-state index is 0.215. The molecule has 0 aliphatic heterocycles. The Bertz CT molecular complexity index is 649. The molecule has 3 rings (SSSR count). The van der Waals surface area contributed by atoms with Crippen LogP contribution in [0.25, 0.3) is 5.52 Å². The monoisotopic (exact) mass is 241 g/mol. The van der Waals surface area contributed by atoms with E-state index < -0.39 is 0 Å². The lowest BCUT2D eigenvalue weighted by molar-refractivity contribution is 0.635. The molecule has 0 amide bonds. The fourth-order valence-electron chi connectivity index (χ4n) is 1.90. The van der Waals surface area contributed by atoms with Crippen molar-refractivity contribution in [3.63, 3.8) is 0 Å². The molecule has 0 bridgehead atoms. The second-order valence-corrected chi connectivity index (χ2v) is 3.78. The summed E-state index contributed by atoms with van der Waals surface area (Å²) in [5, 5.41) is 4.25. The number of nitrogens with two attached hydrogens (primary N) is 1. The first-order valence-corrected chi connectivity index (χ1v) is 5.38. The van der Waals surface area contributed by atoms with Gasteiger partial charge in [0.1, 0.15) is 6.33 Å². The van der Waals surface area contributed by atoms with E-state index in [9.17, 15) is 0 Å². The normalized spacial score (nSPS) is 12.7. The lowest BCUT2D eigenvalue weighted by Gasteiger charge is -2.14. The van der Waals surface area contributed by atoms with Crippen LogP contribution >= 0.6 is 0 Å². The van der Waals surface area contributed by atoms with Gasteiger partial charge >= 0.3 is 0 Å². The van der Waals surface area contributed by atoms with Gasteiger partial charge in [-0.15, -0.1) is 0 Å². The SMILES string of the molecule is NNC(c1cncnc1)c1cnn2ccncc12. The summed E-state index contributed by atoms with van der Waals surface area (Å²) in [6.45, 7) is 0. The molecule has 0 fully saturated rings.